The number of nitrogens with zero attached hydrogens (tertiary/aromatic N) is 1. The molecule has 102 valence electrons. The van der Waals surface area contributed by atoms with Gasteiger partial charge in [-0.05, 0) is 31.2 Å². The second-order valence-corrected chi connectivity index (χ2v) is 5.43. The molecule has 0 heterocycles. The highest BCUT2D eigenvalue weighted by atomic mass is 16.3. The largest absolute Gasteiger partial charge is 0.395 e. The van der Waals surface area contributed by atoms with Crippen molar-refractivity contribution in [1.29, 1.82) is 0 Å². The SMILES string of the molecule is CCC(CC)CN(CC)C(CO)C(N)C1CC1. The smallest absolute Gasteiger partial charge is 0.0602 e. The Morgan fingerprint density at radius 2 is 1.82 bits per heavy atom. The topological polar surface area (TPSA) is 49.5 Å². The first-order valence-electron chi connectivity index (χ1n) is 7.28. The fourth-order valence-corrected chi connectivity index (χ4v) is 2.65. The van der Waals surface area contributed by atoms with Gasteiger partial charge in [-0.1, -0.05) is 33.6 Å². The Labute approximate surface area is 106 Å². The van der Waals surface area contributed by atoms with Gasteiger partial charge in [0.15, 0.2) is 0 Å². The van der Waals surface area contributed by atoms with Crippen LogP contribution in [0.25, 0.3) is 0 Å². The average molecular weight is 242 g/mol. The van der Waals surface area contributed by atoms with Crippen molar-refractivity contribution >= 4 is 0 Å². The molecule has 1 fully saturated rings. The van der Waals surface area contributed by atoms with E-state index in [1.54, 1.807) is 0 Å². The lowest BCUT2D eigenvalue weighted by Gasteiger charge is -2.35. The maximum Gasteiger partial charge on any atom is 0.0602 e. The van der Waals surface area contributed by atoms with Gasteiger partial charge in [-0.15, -0.1) is 0 Å². The molecule has 1 aliphatic rings. The molecule has 3 N–H and O–H groups in total. The molecular formula is C14H30N2O. The molecule has 1 saturated carbocycles. The van der Waals surface area contributed by atoms with Crippen LogP contribution in [-0.2, 0) is 0 Å². The summed E-state index contributed by atoms with van der Waals surface area (Å²) in [7, 11) is 0. The Morgan fingerprint density at radius 1 is 1.24 bits per heavy atom. The van der Waals surface area contributed by atoms with Crippen molar-refractivity contribution in [2.24, 2.45) is 17.6 Å². The molecular weight excluding hydrogens is 212 g/mol. The predicted molar refractivity (Wildman–Crippen MR) is 72.9 cm³/mol. The summed E-state index contributed by atoms with van der Waals surface area (Å²) in [5.41, 5.74) is 6.27. The van der Waals surface area contributed by atoms with E-state index in [-0.39, 0.29) is 18.7 Å². The number of aliphatic hydroxyl groups is 1. The van der Waals surface area contributed by atoms with Crippen LogP contribution >= 0.6 is 0 Å². The summed E-state index contributed by atoms with van der Waals surface area (Å²) < 4.78 is 0. The number of likely N-dealkylation sites (N-methyl/N-ethyl adjacent to an activating group) is 1. The molecule has 2 atom stereocenters. The van der Waals surface area contributed by atoms with Crippen LogP contribution in [0.1, 0.15) is 46.5 Å². The van der Waals surface area contributed by atoms with Gasteiger partial charge in [0, 0.05) is 18.6 Å². The summed E-state index contributed by atoms with van der Waals surface area (Å²) in [4.78, 5) is 2.39. The molecule has 0 saturated heterocycles. The van der Waals surface area contributed by atoms with Crippen molar-refractivity contribution in [3.8, 4) is 0 Å². The lowest BCUT2D eigenvalue weighted by atomic mass is 9.98. The molecule has 0 aromatic rings. The van der Waals surface area contributed by atoms with Crippen molar-refractivity contribution in [1.82, 2.24) is 4.90 Å². The van der Waals surface area contributed by atoms with Gasteiger partial charge in [0.05, 0.1) is 6.61 Å². The molecule has 0 radical (unpaired) electrons. The molecule has 0 bridgehead atoms. The number of nitrogens with two attached hydrogens (primary N) is 1. The van der Waals surface area contributed by atoms with E-state index < -0.39 is 0 Å². The van der Waals surface area contributed by atoms with Crippen LogP contribution in [0.2, 0.25) is 0 Å². The molecule has 0 spiro atoms. The third-order valence-corrected chi connectivity index (χ3v) is 4.32. The zero-order valence-corrected chi connectivity index (χ0v) is 11.7. The Balaban J connectivity index is 2.54. The quantitative estimate of drug-likeness (QED) is 0.648. The van der Waals surface area contributed by atoms with Crippen LogP contribution in [0, 0.1) is 11.8 Å². The Hall–Kier alpha value is -0.120. The zero-order valence-electron chi connectivity index (χ0n) is 11.7. The summed E-state index contributed by atoms with van der Waals surface area (Å²) in [6.45, 7) is 8.93. The molecule has 0 aromatic carbocycles. The maximum absolute atomic E-state index is 9.61. The van der Waals surface area contributed by atoms with Crippen LogP contribution in [-0.4, -0.2) is 41.8 Å². The lowest BCUT2D eigenvalue weighted by Crippen LogP contribution is -2.52. The fraction of sp³-hybridized carbons (Fsp3) is 1.00. The van der Waals surface area contributed by atoms with E-state index in [0.29, 0.717) is 5.92 Å². The van der Waals surface area contributed by atoms with Crippen molar-refractivity contribution in [3.63, 3.8) is 0 Å². The van der Waals surface area contributed by atoms with Crippen molar-refractivity contribution in [2.45, 2.75) is 58.5 Å². The second-order valence-electron chi connectivity index (χ2n) is 5.43. The minimum Gasteiger partial charge on any atom is -0.395 e. The summed E-state index contributed by atoms with van der Waals surface area (Å²) in [5.74, 6) is 1.39. The summed E-state index contributed by atoms with van der Waals surface area (Å²) in [5, 5.41) is 9.61. The van der Waals surface area contributed by atoms with E-state index in [9.17, 15) is 5.11 Å². The third kappa shape index (κ3) is 4.23. The molecule has 3 heteroatoms. The number of hydrogen-bond donors (Lipinski definition) is 2. The summed E-state index contributed by atoms with van der Waals surface area (Å²) >= 11 is 0. The van der Waals surface area contributed by atoms with E-state index in [2.05, 4.69) is 25.7 Å². The van der Waals surface area contributed by atoms with Crippen LogP contribution in [0.5, 0.6) is 0 Å². The van der Waals surface area contributed by atoms with Crippen LogP contribution in [0.4, 0.5) is 0 Å². The molecule has 2 unspecified atom stereocenters. The monoisotopic (exact) mass is 242 g/mol. The standard InChI is InChI=1S/C14H30N2O/c1-4-11(5-2)9-16(6-3)13(10-17)14(15)12-7-8-12/h11-14,17H,4-10,15H2,1-3H3. The molecule has 0 aromatic heterocycles. The molecule has 17 heavy (non-hydrogen) atoms. The highest BCUT2D eigenvalue weighted by molar-refractivity contribution is 4.93. The van der Waals surface area contributed by atoms with Gasteiger partial charge >= 0.3 is 0 Å². The zero-order chi connectivity index (χ0) is 12.8. The molecule has 1 aliphatic carbocycles. The Kier molecular flexibility index (Phi) is 6.45. The van der Waals surface area contributed by atoms with E-state index in [4.69, 9.17) is 5.73 Å². The third-order valence-electron chi connectivity index (χ3n) is 4.32. The molecule has 0 aliphatic heterocycles. The van der Waals surface area contributed by atoms with Gasteiger partial charge in [-0.25, -0.2) is 0 Å². The number of hydrogen-bond acceptors (Lipinski definition) is 3. The van der Waals surface area contributed by atoms with Crippen LogP contribution in [0.3, 0.4) is 0 Å². The predicted octanol–water partition coefficient (Wildman–Crippen LogP) is 1.84. The molecule has 1 rings (SSSR count). The maximum atomic E-state index is 9.61. The number of rotatable bonds is 9. The summed E-state index contributed by atoms with van der Waals surface area (Å²) in [6, 6.07) is 0.322. The highest BCUT2D eigenvalue weighted by Gasteiger charge is 2.36. The van der Waals surface area contributed by atoms with E-state index >= 15 is 0 Å². The lowest BCUT2D eigenvalue weighted by molar-refractivity contribution is 0.0868. The van der Waals surface area contributed by atoms with Gasteiger partial charge in [0.25, 0.3) is 0 Å². The van der Waals surface area contributed by atoms with E-state index in [1.807, 2.05) is 0 Å². The highest BCUT2D eigenvalue weighted by Crippen LogP contribution is 2.34. The van der Waals surface area contributed by atoms with E-state index in [1.165, 1.54) is 25.7 Å². The minimum atomic E-state index is 0.160. The van der Waals surface area contributed by atoms with E-state index in [0.717, 1.165) is 19.0 Å². The molecule has 0 amide bonds. The van der Waals surface area contributed by atoms with Gasteiger partial charge in [0.2, 0.25) is 0 Å². The van der Waals surface area contributed by atoms with Crippen molar-refractivity contribution in [3.05, 3.63) is 0 Å². The van der Waals surface area contributed by atoms with Gasteiger partial charge in [0.1, 0.15) is 0 Å². The van der Waals surface area contributed by atoms with Gasteiger partial charge < -0.3 is 10.8 Å². The first-order chi connectivity index (χ1) is 8.17. The van der Waals surface area contributed by atoms with Gasteiger partial charge in [-0.2, -0.15) is 0 Å². The first-order valence-corrected chi connectivity index (χ1v) is 7.28. The van der Waals surface area contributed by atoms with Gasteiger partial charge in [-0.3, -0.25) is 4.90 Å². The summed E-state index contributed by atoms with van der Waals surface area (Å²) in [6.07, 6.45) is 4.92. The van der Waals surface area contributed by atoms with Crippen molar-refractivity contribution < 1.29 is 5.11 Å². The Morgan fingerprint density at radius 3 is 2.18 bits per heavy atom. The second kappa shape index (κ2) is 7.34. The molecule has 3 nitrogen and oxygen atoms in total. The Bertz CT molecular complexity index is 202. The van der Waals surface area contributed by atoms with Crippen molar-refractivity contribution in [2.75, 3.05) is 19.7 Å². The number of aliphatic hydroxyl groups excluding tert-OH is 1. The fourth-order valence-electron chi connectivity index (χ4n) is 2.65. The normalized spacial score (nSPS) is 19.9. The first kappa shape index (κ1) is 14.9. The average Bonchev–Trinajstić information content (AvgIpc) is 3.18. The minimum absolute atomic E-state index is 0.160. The van der Waals surface area contributed by atoms with Crippen LogP contribution < -0.4 is 5.73 Å². The van der Waals surface area contributed by atoms with Crippen LogP contribution in [0.15, 0.2) is 0 Å².